The fraction of sp³-hybridized carbons (Fsp3) is 0.188. The topological polar surface area (TPSA) is 77.0 Å². The van der Waals surface area contributed by atoms with Gasteiger partial charge in [-0.1, -0.05) is 18.2 Å². The lowest BCUT2D eigenvalue weighted by molar-refractivity contribution is 0.308. The summed E-state index contributed by atoms with van der Waals surface area (Å²) in [7, 11) is -2.13. The van der Waals surface area contributed by atoms with E-state index in [0.29, 0.717) is 23.7 Å². The summed E-state index contributed by atoms with van der Waals surface area (Å²) < 4.78 is 35.9. The van der Waals surface area contributed by atoms with Crippen molar-refractivity contribution >= 4 is 38.8 Å². The molecule has 0 aromatic heterocycles. The molecule has 0 aliphatic carbocycles. The Morgan fingerprint density at radius 1 is 1.25 bits per heavy atom. The molecule has 24 heavy (non-hydrogen) atoms. The van der Waals surface area contributed by atoms with E-state index in [-0.39, 0.29) is 4.90 Å². The third kappa shape index (κ3) is 4.60. The summed E-state index contributed by atoms with van der Waals surface area (Å²) in [4.78, 5) is 2.34. The maximum absolute atomic E-state index is 12.1. The van der Waals surface area contributed by atoms with Gasteiger partial charge in [0.05, 0.1) is 28.4 Å². The first-order valence-electron chi connectivity index (χ1n) is 7.08. The molecule has 0 heterocycles. The Kier molecular flexibility index (Phi) is 6.44. The quantitative estimate of drug-likeness (QED) is 0.392. The Hall–Kier alpha value is -1.81. The summed E-state index contributed by atoms with van der Waals surface area (Å²) in [5.74, 6) is 1.22. The van der Waals surface area contributed by atoms with Crippen molar-refractivity contribution in [3.63, 3.8) is 0 Å². The number of hydrazone groups is 1. The Balaban J connectivity index is 2.19. The SMILES string of the molecule is CCOc1c(I)cc(/C=N\NS(=O)(=O)c2ccccc2)cc1OC. The third-order valence-electron chi connectivity index (χ3n) is 2.98. The van der Waals surface area contributed by atoms with Gasteiger partial charge in [0.2, 0.25) is 0 Å². The molecule has 0 bridgehead atoms. The number of hydrogen-bond acceptors (Lipinski definition) is 5. The number of sulfonamides is 1. The minimum absolute atomic E-state index is 0.154. The minimum Gasteiger partial charge on any atom is -0.493 e. The maximum atomic E-state index is 12.1. The molecule has 2 rings (SSSR count). The molecule has 0 aliphatic rings. The normalized spacial score (nSPS) is 11.5. The van der Waals surface area contributed by atoms with Crippen LogP contribution in [-0.2, 0) is 10.0 Å². The second-order valence-electron chi connectivity index (χ2n) is 4.63. The zero-order valence-electron chi connectivity index (χ0n) is 13.2. The van der Waals surface area contributed by atoms with Crippen molar-refractivity contribution in [1.82, 2.24) is 4.83 Å². The van der Waals surface area contributed by atoms with Crippen LogP contribution in [0.15, 0.2) is 52.5 Å². The zero-order chi connectivity index (χ0) is 17.6. The molecule has 0 fully saturated rings. The Labute approximate surface area is 155 Å². The van der Waals surface area contributed by atoms with Gasteiger partial charge in [0.25, 0.3) is 10.0 Å². The lowest BCUT2D eigenvalue weighted by atomic mass is 10.2. The Morgan fingerprint density at radius 3 is 2.58 bits per heavy atom. The predicted molar refractivity (Wildman–Crippen MR) is 101 cm³/mol. The van der Waals surface area contributed by atoms with Gasteiger partial charge < -0.3 is 9.47 Å². The van der Waals surface area contributed by atoms with Crippen LogP contribution < -0.4 is 14.3 Å². The third-order valence-corrected chi connectivity index (χ3v) is 5.02. The number of methoxy groups -OCH3 is 1. The molecule has 0 radical (unpaired) electrons. The van der Waals surface area contributed by atoms with Crippen LogP contribution in [-0.4, -0.2) is 28.3 Å². The van der Waals surface area contributed by atoms with Crippen molar-refractivity contribution in [1.29, 1.82) is 0 Å². The van der Waals surface area contributed by atoms with Gasteiger partial charge in [-0.05, 0) is 59.3 Å². The van der Waals surface area contributed by atoms with Gasteiger partial charge in [-0.2, -0.15) is 13.5 Å². The van der Waals surface area contributed by atoms with Crippen LogP contribution in [0.2, 0.25) is 0 Å². The first-order chi connectivity index (χ1) is 11.5. The largest absolute Gasteiger partial charge is 0.493 e. The monoisotopic (exact) mass is 460 g/mol. The van der Waals surface area contributed by atoms with Crippen molar-refractivity contribution in [3.05, 3.63) is 51.6 Å². The molecule has 1 N–H and O–H groups in total. The van der Waals surface area contributed by atoms with E-state index < -0.39 is 10.0 Å². The van der Waals surface area contributed by atoms with Crippen LogP contribution in [0.5, 0.6) is 11.5 Å². The number of nitrogens with zero attached hydrogens (tertiary/aromatic N) is 1. The van der Waals surface area contributed by atoms with Crippen LogP contribution in [0.4, 0.5) is 0 Å². The average Bonchev–Trinajstić information content (AvgIpc) is 2.57. The van der Waals surface area contributed by atoms with E-state index in [1.165, 1.54) is 18.3 Å². The molecule has 0 saturated carbocycles. The molecule has 2 aromatic carbocycles. The molecule has 0 spiro atoms. The van der Waals surface area contributed by atoms with E-state index in [2.05, 4.69) is 32.5 Å². The molecule has 2 aromatic rings. The van der Waals surface area contributed by atoms with E-state index >= 15 is 0 Å². The summed E-state index contributed by atoms with van der Waals surface area (Å²) in [6.07, 6.45) is 1.42. The molecule has 6 nitrogen and oxygen atoms in total. The molecular weight excluding hydrogens is 443 g/mol. The number of benzene rings is 2. The fourth-order valence-electron chi connectivity index (χ4n) is 1.92. The van der Waals surface area contributed by atoms with Crippen molar-refractivity contribution < 1.29 is 17.9 Å². The van der Waals surface area contributed by atoms with Crippen molar-refractivity contribution in [2.75, 3.05) is 13.7 Å². The zero-order valence-corrected chi connectivity index (χ0v) is 16.2. The number of hydrogen-bond donors (Lipinski definition) is 1. The van der Waals surface area contributed by atoms with Crippen LogP contribution in [0.1, 0.15) is 12.5 Å². The van der Waals surface area contributed by atoms with Gasteiger partial charge in [-0.25, -0.2) is 4.83 Å². The number of ether oxygens (including phenoxy) is 2. The Bertz CT molecular complexity index is 823. The molecule has 0 atom stereocenters. The second-order valence-corrected chi connectivity index (χ2v) is 7.46. The van der Waals surface area contributed by atoms with Crippen LogP contribution >= 0.6 is 22.6 Å². The summed E-state index contributed by atoms with van der Waals surface area (Å²) in [5, 5.41) is 3.82. The van der Waals surface area contributed by atoms with Crippen molar-refractivity contribution in [2.24, 2.45) is 5.10 Å². The molecule has 0 aliphatic heterocycles. The van der Waals surface area contributed by atoms with Gasteiger partial charge in [0, 0.05) is 0 Å². The molecule has 0 unspecified atom stereocenters. The second kappa shape index (κ2) is 8.34. The highest BCUT2D eigenvalue weighted by molar-refractivity contribution is 14.1. The molecule has 128 valence electrons. The summed E-state index contributed by atoms with van der Waals surface area (Å²) in [5.41, 5.74) is 0.690. The van der Waals surface area contributed by atoms with E-state index in [1.807, 2.05) is 13.0 Å². The van der Waals surface area contributed by atoms with E-state index in [0.717, 1.165) is 3.57 Å². The van der Waals surface area contributed by atoms with E-state index in [4.69, 9.17) is 9.47 Å². The number of rotatable bonds is 7. The highest BCUT2D eigenvalue weighted by Gasteiger charge is 2.12. The fourth-order valence-corrected chi connectivity index (χ4v) is 3.51. The van der Waals surface area contributed by atoms with Gasteiger partial charge in [-0.3, -0.25) is 0 Å². The molecule has 8 heteroatoms. The number of nitrogens with one attached hydrogen (secondary N) is 1. The van der Waals surface area contributed by atoms with E-state index in [1.54, 1.807) is 31.4 Å². The van der Waals surface area contributed by atoms with E-state index in [9.17, 15) is 8.42 Å². The van der Waals surface area contributed by atoms with Crippen LogP contribution in [0.25, 0.3) is 0 Å². The summed E-state index contributed by atoms with van der Waals surface area (Å²) in [6, 6.07) is 11.6. The van der Waals surface area contributed by atoms with Crippen LogP contribution in [0.3, 0.4) is 0 Å². The summed E-state index contributed by atoms with van der Waals surface area (Å²) in [6.45, 7) is 2.42. The lowest BCUT2D eigenvalue weighted by Crippen LogP contribution is -2.18. The summed E-state index contributed by atoms with van der Waals surface area (Å²) >= 11 is 2.13. The highest BCUT2D eigenvalue weighted by Crippen LogP contribution is 2.33. The number of halogens is 1. The standard InChI is InChI=1S/C16H17IN2O4S/c1-3-23-16-14(17)9-12(10-15(16)22-2)11-18-19-24(20,21)13-7-5-4-6-8-13/h4-11,19H,3H2,1-2H3/b18-11-. The van der Waals surface area contributed by atoms with Gasteiger partial charge in [-0.15, -0.1) is 0 Å². The van der Waals surface area contributed by atoms with Crippen LogP contribution in [0, 0.1) is 3.57 Å². The molecule has 0 amide bonds. The van der Waals surface area contributed by atoms with Crippen molar-refractivity contribution in [2.45, 2.75) is 11.8 Å². The maximum Gasteiger partial charge on any atom is 0.276 e. The predicted octanol–water partition coefficient (Wildman–Crippen LogP) is 3.01. The van der Waals surface area contributed by atoms with Gasteiger partial charge in [0.1, 0.15) is 0 Å². The highest BCUT2D eigenvalue weighted by atomic mass is 127. The van der Waals surface area contributed by atoms with Gasteiger partial charge >= 0.3 is 0 Å². The first-order valence-corrected chi connectivity index (χ1v) is 9.64. The lowest BCUT2D eigenvalue weighted by Gasteiger charge is -2.12. The smallest absolute Gasteiger partial charge is 0.276 e. The van der Waals surface area contributed by atoms with Gasteiger partial charge in [0.15, 0.2) is 11.5 Å². The average molecular weight is 460 g/mol. The molecular formula is C16H17IN2O4S. The van der Waals surface area contributed by atoms with Crippen molar-refractivity contribution in [3.8, 4) is 11.5 Å². The first kappa shape index (κ1) is 18.5. The molecule has 0 saturated heterocycles. The Morgan fingerprint density at radius 2 is 1.96 bits per heavy atom. The minimum atomic E-state index is -3.68.